The number of carbonyl (C=O) groups is 4. The number of nitrogens with two attached hydrogens (primary N) is 4. The summed E-state index contributed by atoms with van der Waals surface area (Å²) >= 11 is 0. The van der Waals surface area contributed by atoms with Crippen molar-refractivity contribution in [3.63, 3.8) is 0 Å². The average molecular weight is 581 g/mol. The molecule has 1 fully saturated rings. The van der Waals surface area contributed by atoms with Crippen LogP contribution in [0.3, 0.4) is 0 Å². The van der Waals surface area contributed by atoms with Crippen LogP contribution in [0.5, 0.6) is 5.75 Å². The number of carbonyl (C=O) groups excluding carboxylic acids is 4. The van der Waals surface area contributed by atoms with Crippen molar-refractivity contribution in [2.45, 2.75) is 62.7 Å². The molecule has 0 unspecified atom stereocenters. The summed E-state index contributed by atoms with van der Waals surface area (Å²) in [5, 5.41) is 14.9. The summed E-state index contributed by atoms with van der Waals surface area (Å²) in [6.45, 7) is 0.592. The number of nitrogens with zero attached hydrogens (tertiary/aromatic N) is 2. The van der Waals surface area contributed by atoms with Crippen LogP contribution in [0.2, 0.25) is 0 Å². The number of hydrogen-bond acceptors (Lipinski definition) is 7. The lowest BCUT2D eigenvalue weighted by atomic mass is 10.0. The molecule has 3 rings (SSSR count). The number of aliphatic imine (C=N–C) groups is 1. The lowest BCUT2D eigenvalue weighted by Crippen LogP contribution is -2.57. The summed E-state index contributed by atoms with van der Waals surface area (Å²) in [7, 11) is 0. The van der Waals surface area contributed by atoms with Gasteiger partial charge in [-0.15, -0.1) is 0 Å². The van der Waals surface area contributed by atoms with Gasteiger partial charge in [0.05, 0.1) is 6.04 Å². The van der Waals surface area contributed by atoms with Crippen molar-refractivity contribution >= 4 is 29.6 Å². The Kier molecular flexibility index (Phi) is 11.7. The molecule has 2 aromatic carbocycles. The van der Waals surface area contributed by atoms with E-state index in [1.54, 1.807) is 12.1 Å². The lowest BCUT2D eigenvalue weighted by molar-refractivity contribution is -0.140. The van der Waals surface area contributed by atoms with Crippen molar-refractivity contribution in [3.05, 3.63) is 65.7 Å². The first-order valence-electron chi connectivity index (χ1n) is 13.9. The van der Waals surface area contributed by atoms with Gasteiger partial charge in [-0.3, -0.25) is 24.2 Å². The molecule has 0 bridgehead atoms. The number of phenols is 1. The van der Waals surface area contributed by atoms with E-state index in [1.807, 2.05) is 30.3 Å². The third-order valence-electron chi connectivity index (χ3n) is 7.07. The fraction of sp³-hybridized carbons (Fsp3) is 0.414. The minimum absolute atomic E-state index is 0.0578. The van der Waals surface area contributed by atoms with Crippen molar-refractivity contribution in [2.24, 2.45) is 27.9 Å². The van der Waals surface area contributed by atoms with Crippen LogP contribution in [0.4, 0.5) is 0 Å². The molecule has 4 atom stereocenters. The molecule has 0 radical (unpaired) electrons. The molecule has 13 heteroatoms. The molecular formula is C29H40N8O5. The first kappa shape index (κ1) is 31.9. The van der Waals surface area contributed by atoms with Crippen molar-refractivity contribution in [1.82, 2.24) is 15.5 Å². The number of guanidine groups is 1. The molecule has 1 aliphatic heterocycles. The quantitative estimate of drug-likeness (QED) is 0.0830. The second-order valence-electron chi connectivity index (χ2n) is 10.3. The molecule has 4 amide bonds. The predicted octanol–water partition coefficient (Wildman–Crippen LogP) is -0.996. The molecular weight excluding hydrogens is 540 g/mol. The number of aromatic hydroxyl groups is 1. The monoisotopic (exact) mass is 580 g/mol. The SMILES string of the molecule is NC(=O)[C@H](Cc1ccc(O)cc1)NC(=O)[C@H](CCCN=C(N)N)NC(=O)[C@@H]1CCCN1C(=O)[C@@H](N)Cc1ccccc1. The highest BCUT2D eigenvalue weighted by Crippen LogP contribution is 2.20. The maximum absolute atomic E-state index is 13.4. The van der Waals surface area contributed by atoms with E-state index in [1.165, 1.54) is 17.0 Å². The minimum atomic E-state index is -1.07. The zero-order chi connectivity index (χ0) is 30.6. The van der Waals surface area contributed by atoms with E-state index in [4.69, 9.17) is 22.9 Å². The Labute approximate surface area is 244 Å². The maximum atomic E-state index is 13.4. The largest absolute Gasteiger partial charge is 0.508 e. The number of amides is 4. The van der Waals surface area contributed by atoms with Crippen molar-refractivity contribution in [1.29, 1.82) is 0 Å². The number of phenolic OH excluding ortho intramolecular Hbond substituents is 1. The number of benzene rings is 2. The number of hydrogen-bond donors (Lipinski definition) is 7. The van der Waals surface area contributed by atoms with Crippen LogP contribution in [0.15, 0.2) is 59.6 Å². The zero-order valence-electron chi connectivity index (χ0n) is 23.4. The Morgan fingerprint density at radius 1 is 0.929 bits per heavy atom. The van der Waals surface area contributed by atoms with Crippen LogP contribution >= 0.6 is 0 Å². The van der Waals surface area contributed by atoms with Crippen molar-refractivity contribution < 1.29 is 24.3 Å². The van der Waals surface area contributed by atoms with E-state index in [9.17, 15) is 24.3 Å². The van der Waals surface area contributed by atoms with Gasteiger partial charge in [-0.25, -0.2) is 0 Å². The Bertz CT molecular complexity index is 1250. The minimum Gasteiger partial charge on any atom is -0.508 e. The molecule has 1 heterocycles. The summed E-state index contributed by atoms with van der Waals surface area (Å²) in [5.41, 5.74) is 24.1. The molecule has 0 saturated carbocycles. The first-order valence-corrected chi connectivity index (χ1v) is 13.9. The van der Waals surface area contributed by atoms with Crippen LogP contribution < -0.4 is 33.6 Å². The van der Waals surface area contributed by atoms with E-state index in [0.29, 0.717) is 37.8 Å². The zero-order valence-corrected chi connectivity index (χ0v) is 23.4. The Morgan fingerprint density at radius 3 is 2.24 bits per heavy atom. The topological polar surface area (TPSA) is 232 Å². The highest BCUT2D eigenvalue weighted by molar-refractivity contribution is 5.95. The van der Waals surface area contributed by atoms with Gasteiger partial charge in [0.25, 0.3) is 0 Å². The smallest absolute Gasteiger partial charge is 0.243 e. The van der Waals surface area contributed by atoms with Gasteiger partial charge in [-0.05, 0) is 55.4 Å². The van der Waals surface area contributed by atoms with E-state index >= 15 is 0 Å². The second-order valence-corrected chi connectivity index (χ2v) is 10.3. The molecule has 11 N–H and O–H groups in total. The fourth-order valence-corrected chi connectivity index (χ4v) is 4.87. The molecule has 42 heavy (non-hydrogen) atoms. The van der Waals surface area contributed by atoms with Gasteiger partial charge in [0, 0.05) is 19.5 Å². The second kappa shape index (κ2) is 15.4. The lowest BCUT2D eigenvalue weighted by Gasteiger charge is -2.29. The molecule has 226 valence electrons. The van der Waals surface area contributed by atoms with Crippen LogP contribution in [-0.4, -0.2) is 76.9 Å². The molecule has 0 spiro atoms. The van der Waals surface area contributed by atoms with Gasteiger partial charge >= 0.3 is 0 Å². The number of rotatable bonds is 14. The summed E-state index contributed by atoms with van der Waals surface area (Å²) in [6.07, 6.45) is 1.95. The van der Waals surface area contributed by atoms with Crippen molar-refractivity contribution in [3.8, 4) is 5.75 Å². The fourth-order valence-electron chi connectivity index (χ4n) is 4.87. The summed E-state index contributed by atoms with van der Waals surface area (Å²) in [6, 6.07) is 11.8. The summed E-state index contributed by atoms with van der Waals surface area (Å²) in [5.74, 6) is -2.26. The van der Waals surface area contributed by atoms with E-state index in [2.05, 4.69) is 15.6 Å². The van der Waals surface area contributed by atoms with Gasteiger partial charge in [-0.2, -0.15) is 0 Å². The standard InChI is InChI=1S/C29H40N8O5/c30-21(16-18-6-2-1-3-7-18)28(42)37-15-5-9-24(37)27(41)35-22(8-4-14-34-29(32)33)26(40)36-23(25(31)39)17-19-10-12-20(38)13-11-19/h1-3,6-7,10-13,21-24,38H,4-5,8-9,14-17,30H2,(H2,31,39)(H,35,41)(H,36,40)(H4,32,33,34)/t21-,22-,23-,24-/m0/s1. The Hall–Kier alpha value is -4.65. The predicted molar refractivity (Wildman–Crippen MR) is 158 cm³/mol. The van der Waals surface area contributed by atoms with E-state index in [-0.39, 0.29) is 37.0 Å². The molecule has 1 aliphatic rings. The average Bonchev–Trinajstić information content (AvgIpc) is 3.45. The van der Waals surface area contributed by atoms with Gasteiger partial charge in [0.2, 0.25) is 23.6 Å². The van der Waals surface area contributed by atoms with Gasteiger partial charge < -0.3 is 43.6 Å². The Balaban J connectivity index is 1.70. The molecule has 0 aliphatic carbocycles. The van der Waals surface area contributed by atoms with Gasteiger partial charge in [-0.1, -0.05) is 42.5 Å². The van der Waals surface area contributed by atoms with Crippen LogP contribution in [0, 0.1) is 0 Å². The summed E-state index contributed by atoms with van der Waals surface area (Å²) in [4.78, 5) is 57.6. The molecule has 1 saturated heterocycles. The highest BCUT2D eigenvalue weighted by Gasteiger charge is 2.37. The number of likely N-dealkylation sites (tertiary alicyclic amines) is 1. The number of primary amides is 1. The summed E-state index contributed by atoms with van der Waals surface area (Å²) < 4.78 is 0. The van der Waals surface area contributed by atoms with Crippen LogP contribution in [-0.2, 0) is 32.0 Å². The number of nitrogens with one attached hydrogen (secondary N) is 2. The van der Waals surface area contributed by atoms with Crippen LogP contribution in [0.25, 0.3) is 0 Å². The molecule has 13 nitrogen and oxygen atoms in total. The molecule has 0 aromatic heterocycles. The van der Waals surface area contributed by atoms with E-state index < -0.39 is 41.9 Å². The van der Waals surface area contributed by atoms with E-state index in [0.717, 1.165) is 5.56 Å². The maximum Gasteiger partial charge on any atom is 0.243 e. The van der Waals surface area contributed by atoms with Gasteiger partial charge in [0.1, 0.15) is 23.9 Å². The molecule has 2 aromatic rings. The highest BCUT2D eigenvalue weighted by atomic mass is 16.3. The Morgan fingerprint density at radius 2 is 1.60 bits per heavy atom. The first-order chi connectivity index (χ1) is 20.0. The van der Waals surface area contributed by atoms with Gasteiger partial charge in [0.15, 0.2) is 5.96 Å². The third-order valence-corrected chi connectivity index (χ3v) is 7.07. The third kappa shape index (κ3) is 9.47. The van der Waals surface area contributed by atoms with Crippen LogP contribution in [0.1, 0.15) is 36.8 Å². The van der Waals surface area contributed by atoms with Crippen molar-refractivity contribution in [2.75, 3.05) is 13.1 Å². The normalized spacial score (nSPS) is 16.6.